The third kappa shape index (κ3) is 4.18. The van der Waals surface area contributed by atoms with Gasteiger partial charge in [0.15, 0.2) is 0 Å². The molecule has 0 aliphatic heterocycles. The van der Waals surface area contributed by atoms with Gasteiger partial charge in [0, 0.05) is 17.3 Å². The third-order valence-corrected chi connectivity index (χ3v) is 3.72. The molecule has 3 aromatic rings. The van der Waals surface area contributed by atoms with Gasteiger partial charge in [0.05, 0.1) is 19.0 Å². The van der Waals surface area contributed by atoms with Crippen LogP contribution in [0.25, 0.3) is 16.9 Å². The number of amides is 2. The minimum atomic E-state index is -1.11. The van der Waals surface area contributed by atoms with Crippen molar-refractivity contribution in [2.45, 2.75) is 0 Å². The van der Waals surface area contributed by atoms with Crippen molar-refractivity contribution in [3.8, 4) is 22.7 Å². The quantitative estimate of drug-likeness (QED) is 0.406. The maximum atomic E-state index is 11.3. The number of hydrogen-bond acceptors (Lipinski definition) is 5. The fourth-order valence-corrected chi connectivity index (χ4v) is 2.38. The van der Waals surface area contributed by atoms with Gasteiger partial charge in [-0.25, -0.2) is 10.1 Å². The standard InChI is InChI=1S/C19H17N5O3/c1-27-16-9-7-13(8-10-16)17-14(11-21-22-19(26)18(20)25)12-24(23-17)15-5-3-2-4-6-15/h2-12H,1H3,(H2,20,25)(H,22,26)/b21-11+. The van der Waals surface area contributed by atoms with Gasteiger partial charge in [0.25, 0.3) is 0 Å². The molecule has 0 saturated heterocycles. The van der Waals surface area contributed by atoms with Gasteiger partial charge in [-0.05, 0) is 36.4 Å². The average molecular weight is 363 g/mol. The molecule has 0 aliphatic rings. The molecular weight excluding hydrogens is 346 g/mol. The lowest BCUT2D eigenvalue weighted by Crippen LogP contribution is -2.32. The van der Waals surface area contributed by atoms with Crippen LogP contribution in [0.3, 0.4) is 0 Å². The molecule has 8 nitrogen and oxygen atoms in total. The number of nitrogens with two attached hydrogens (primary N) is 1. The molecule has 0 aliphatic carbocycles. The van der Waals surface area contributed by atoms with Gasteiger partial charge in [0.1, 0.15) is 11.4 Å². The molecule has 3 N–H and O–H groups in total. The first-order chi connectivity index (χ1) is 13.1. The second-order valence-electron chi connectivity index (χ2n) is 5.51. The van der Waals surface area contributed by atoms with Crippen molar-refractivity contribution in [1.82, 2.24) is 15.2 Å². The van der Waals surface area contributed by atoms with Gasteiger partial charge < -0.3 is 10.5 Å². The summed E-state index contributed by atoms with van der Waals surface area (Å²) in [5.41, 5.74) is 9.97. The molecule has 0 spiro atoms. The summed E-state index contributed by atoms with van der Waals surface area (Å²) in [5.74, 6) is -1.37. The highest BCUT2D eigenvalue weighted by Gasteiger charge is 2.12. The fraction of sp³-hybridized carbons (Fsp3) is 0.0526. The van der Waals surface area contributed by atoms with Gasteiger partial charge >= 0.3 is 11.8 Å². The number of hydrogen-bond donors (Lipinski definition) is 2. The predicted molar refractivity (Wildman–Crippen MR) is 100 cm³/mol. The van der Waals surface area contributed by atoms with Gasteiger partial charge in [-0.15, -0.1) is 0 Å². The number of nitrogens with zero attached hydrogens (tertiary/aromatic N) is 3. The lowest BCUT2D eigenvalue weighted by molar-refractivity contribution is -0.137. The second kappa shape index (κ2) is 7.96. The first-order valence-corrected chi connectivity index (χ1v) is 8.01. The number of rotatable bonds is 5. The van der Waals surface area contributed by atoms with E-state index in [9.17, 15) is 9.59 Å². The fourth-order valence-electron chi connectivity index (χ4n) is 2.38. The van der Waals surface area contributed by atoms with Crippen molar-refractivity contribution >= 4 is 18.0 Å². The summed E-state index contributed by atoms with van der Waals surface area (Å²) in [6.07, 6.45) is 3.18. The Morgan fingerprint density at radius 2 is 1.85 bits per heavy atom. The van der Waals surface area contributed by atoms with Gasteiger partial charge in [-0.3, -0.25) is 9.59 Å². The number of ether oxygens (including phenoxy) is 1. The molecule has 0 saturated carbocycles. The minimum Gasteiger partial charge on any atom is -0.497 e. The minimum absolute atomic E-state index is 0.647. The van der Waals surface area contributed by atoms with Crippen molar-refractivity contribution in [3.63, 3.8) is 0 Å². The molecule has 0 fully saturated rings. The summed E-state index contributed by atoms with van der Waals surface area (Å²) in [6, 6.07) is 17.0. The van der Waals surface area contributed by atoms with Crippen LogP contribution in [0.4, 0.5) is 0 Å². The molecule has 8 heteroatoms. The highest BCUT2D eigenvalue weighted by atomic mass is 16.5. The Bertz CT molecular complexity index is 978. The topological polar surface area (TPSA) is 112 Å². The largest absolute Gasteiger partial charge is 0.497 e. The molecule has 136 valence electrons. The Kier molecular flexibility index (Phi) is 5.27. The van der Waals surface area contributed by atoms with E-state index in [1.165, 1.54) is 6.21 Å². The maximum absolute atomic E-state index is 11.3. The first kappa shape index (κ1) is 17.9. The first-order valence-electron chi connectivity index (χ1n) is 8.01. The molecule has 0 unspecified atom stereocenters. The Morgan fingerprint density at radius 3 is 2.48 bits per heavy atom. The molecule has 1 aromatic heterocycles. The average Bonchev–Trinajstić information content (AvgIpc) is 3.12. The predicted octanol–water partition coefficient (Wildman–Crippen LogP) is 1.48. The lowest BCUT2D eigenvalue weighted by atomic mass is 10.1. The molecular formula is C19H17N5O3. The van der Waals surface area contributed by atoms with Crippen molar-refractivity contribution in [1.29, 1.82) is 0 Å². The van der Waals surface area contributed by atoms with E-state index in [0.717, 1.165) is 17.0 Å². The molecule has 2 amide bonds. The van der Waals surface area contributed by atoms with Crippen molar-refractivity contribution in [2.24, 2.45) is 10.8 Å². The van der Waals surface area contributed by atoms with Crippen LogP contribution in [-0.4, -0.2) is 34.9 Å². The van der Waals surface area contributed by atoms with Crippen molar-refractivity contribution in [2.75, 3.05) is 7.11 Å². The third-order valence-electron chi connectivity index (χ3n) is 3.72. The smallest absolute Gasteiger partial charge is 0.329 e. The zero-order valence-electron chi connectivity index (χ0n) is 14.5. The summed E-state index contributed by atoms with van der Waals surface area (Å²) < 4.78 is 6.89. The number of carbonyl (C=O) groups is 2. The van der Waals surface area contributed by atoms with Crippen LogP contribution in [0.2, 0.25) is 0 Å². The molecule has 0 atom stereocenters. The van der Waals surface area contributed by atoms with Gasteiger partial charge in [-0.2, -0.15) is 10.2 Å². The highest BCUT2D eigenvalue weighted by molar-refractivity contribution is 6.34. The number of carbonyl (C=O) groups excluding carboxylic acids is 2. The van der Waals surface area contributed by atoms with Crippen LogP contribution in [0.1, 0.15) is 5.56 Å². The van der Waals surface area contributed by atoms with Crippen LogP contribution >= 0.6 is 0 Å². The number of aromatic nitrogens is 2. The summed E-state index contributed by atoms with van der Waals surface area (Å²) in [4.78, 5) is 22.0. The number of nitrogens with one attached hydrogen (secondary N) is 1. The van der Waals surface area contributed by atoms with Crippen LogP contribution in [0.15, 0.2) is 65.9 Å². The molecule has 0 bridgehead atoms. The SMILES string of the molecule is COc1ccc(-c2nn(-c3ccccc3)cc2/C=N/NC(=O)C(N)=O)cc1. The summed E-state index contributed by atoms with van der Waals surface area (Å²) in [6.45, 7) is 0. The Morgan fingerprint density at radius 1 is 1.15 bits per heavy atom. The zero-order chi connectivity index (χ0) is 19.2. The van der Waals surface area contributed by atoms with Gasteiger partial charge in [0.2, 0.25) is 0 Å². The molecule has 3 rings (SSSR count). The number of hydrazone groups is 1. The normalized spacial score (nSPS) is 10.7. The highest BCUT2D eigenvalue weighted by Crippen LogP contribution is 2.24. The lowest BCUT2D eigenvalue weighted by Gasteiger charge is -2.02. The van der Waals surface area contributed by atoms with Crippen LogP contribution in [0.5, 0.6) is 5.75 Å². The van der Waals surface area contributed by atoms with E-state index in [4.69, 9.17) is 10.5 Å². The van der Waals surface area contributed by atoms with E-state index in [0.29, 0.717) is 11.3 Å². The summed E-state index contributed by atoms with van der Waals surface area (Å²) in [7, 11) is 1.60. The number of para-hydroxylation sites is 1. The monoisotopic (exact) mass is 363 g/mol. The van der Waals surface area contributed by atoms with E-state index in [1.807, 2.05) is 54.6 Å². The van der Waals surface area contributed by atoms with Crippen LogP contribution < -0.4 is 15.9 Å². The second-order valence-corrected chi connectivity index (χ2v) is 5.51. The van der Waals surface area contributed by atoms with Crippen LogP contribution in [-0.2, 0) is 9.59 Å². The number of methoxy groups -OCH3 is 1. The Hall–Kier alpha value is -3.94. The van der Waals surface area contributed by atoms with Crippen molar-refractivity contribution in [3.05, 3.63) is 66.4 Å². The summed E-state index contributed by atoms with van der Waals surface area (Å²) in [5, 5.41) is 8.41. The van der Waals surface area contributed by atoms with E-state index in [1.54, 1.807) is 18.0 Å². The van der Waals surface area contributed by atoms with Crippen LogP contribution in [0, 0.1) is 0 Å². The molecule has 2 aromatic carbocycles. The van der Waals surface area contributed by atoms with E-state index >= 15 is 0 Å². The van der Waals surface area contributed by atoms with E-state index < -0.39 is 11.8 Å². The van der Waals surface area contributed by atoms with Gasteiger partial charge in [-0.1, -0.05) is 18.2 Å². The molecule has 27 heavy (non-hydrogen) atoms. The zero-order valence-corrected chi connectivity index (χ0v) is 14.5. The Balaban J connectivity index is 1.98. The molecule has 1 heterocycles. The van der Waals surface area contributed by atoms with E-state index in [2.05, 4.69) is 15.6 Å². The summed E-state index contributed by atoms with van der Waals surface area (Å²) >= 11 is 0. The maximum Gasteiger partial charge on any atom is 0.329 e. The Labute approximate surface area is 155 Å². The number of benzene rings is 2. The van der Waals surface area contributed by atoms with Crippen molar-refractivity contribution < 1.29 is 14.3 Å². The van der Waals surface area contributed by atoms with E-state index in [-0.39, 0.29) is 0 Å². The molecule has 0 radical (unpaired) electrons. The number of primary amides is 1.